The Bertz CT molecular complexity index is 583. The summed E-state index contributed by atoms with van der Waals surface area (Å²) >= 11 is 0. The molecule has 1 saturated heterocycles. The average Bonchev–Trinajstić information content (AvgIpc) is 2.73. The van der Waals surface area contributed by atoms with E-state index < -0.39 is 0 Å². The first-order valence-electron chi connectivity index (χ1n) is 11.3. The first-order valence-corrected chi connectivity index (χ1v) is 11.3. The van der Waals surface area contributed by atoms with Crippen LogP contribution < -0.4 is 10.6 Å². The van der Waals surface area contributed by atoms with Crippen LogP contribution in [0.15, 0.2) is 29.3 Å². The zero-order valence-electron chi connectivity index (χ0n) is 18.6. The first kappa shape index (κ1) is 27.1. The highest BCUT2D eigenvalue weighted by Gasteiger charge is 2.16. The monoisotopic (exact) mass is 532 g/mol. The van der Waals surface area contributed by atoms with E-state index in [4.69, 9.17) is 4.99 Å². The van der Waals surface area contributed by atoms with E-state index in [-0.39, 0.29) is 36.7 Å². The molecular weight excluding hydrogens is 491 g/mol. The Morgan fingerprint density at radius 1 is 1.10 bits per heavy atom. The number of benzene rings is 1. The summed E-state index contributed by atoms with van der Waals surface area (Å²) in [6, 6.07) is 8.70. The predicted molar refractivity (Wildman–Crippen MR) is 135 cm³/mol. The molecule has 1 aromatic rings. The topological polar surface area (TPSA) is 80.1 Å². The van der Waals surface area contributed by atoms with E-state index in [0.29, 0.717) is 12.5 Å². The molecule has 1 aliphatic rings. The SMILES string of the molecule is CCCC(CCO)CNC(=NCc1ccc(CN2CCC(O)CC2)cc1)NCC.I. The van der Waals surface area contributed by atoms with E-state index in [0.717, 1.165) is 70.8 Å². The molecule has 0 spiro atoms. The lowest BCUT2D eigenvalue weighted by Gasteiger charge is -2.29. The second kappa shape index (κ2) is 15.8. The Balaban J connectivity index is 0.00000450. The van der Waals surface area contributed by atoms with Gasteiger partial charge in [0.15, 0.2) is 5.96 Å². The van der Waals surface area contributed by atoms with Crippen molar-refractivity contribution >= 4 is 29.9 Å². The summed E-state index contributed by atoms with van der Waals surface area (Å²) in [5, 5.41) is 25.6. The van der Waals surface area contributed by atoms with Gasteiger partial charge in [-0.2, -0.15) is 0 Å². The van der Waals surface area contributed by atoms with Crippen LogP contribution >= 0.6 is 24.0 Å². The van der Waals surface area contributed by atoms with Crippen molar-refractivity contribution in [1.29, 1.82) is 0 Å². The van der Waals surface area contributed by atoms with Gasteiger partial charge < -0.3 is 20.8 Å². The maximum absolute atomic E-state index is 9.63. The Morgan fingerprint density at radius 2 is 1.77 bits per heavy atom. The van der Waals surface area contributed by atoms with Crippen LogP contribution in [0.1, 0.15) is 57.1 Å². The number of aliphatic hydroxyl groups excluding tert-OH is 2. The van der Waals surface area contributed by atoms with E-state index in [1.165, 1.54) is 11.1 Å². The number of likely N-dealkylation sites (tertiary alicyclic amines) is 1. The smallest absolute Gasteiger partial charge is 0.191 e. The van der Waals surface area contributed by atoms with Gasteiger partial charge in [-0.25, -0.2) is 4.99 Å². The van der Waals surface area contributed by atoms with Crippen LogP contribution in [0.2, 0.25) is 0 Å². The molecule has 0 radical (unpaired) electrons. The van der Waals surface area contributed by atoms with Crippen molar-refractivity contribution in [2.45, 2.75) is 65.1 Å². The lowest BCUT2D eigenvalue weighted by molar-refractivity contribution is 0.0792. The number of hydrogen-bond donors (Lipinski definition) is 4. The zero-order chi connectivity index (χ0) is 20.9. The van der Waals surface area contributed by atoms with Gasteiger partial charge in [0.25, 0.3) is 0 Å². The lowest BCUT2D eigenvalue weighted by Crippen LogP contribution is -2.40. The van der Waals surface area contributed by atoms with Crippen LogP contribution in [0, 0.1) is 5.92 Å². The normalized spacial score (nSPS) is 16.7. The van der Waals surface area contributed by atoms with Gasteiger partial charge in [0, 0.05) is 39.3 Å². The van der Waals surface area contributed by atoms with E-state index in [1.54, 1.807) is 0 Å². The Kier molecular flexibility index (Phi) is 14.3. The fraction of sp³-hybridized carbons (Fsp3) is 0.696. The number of aliphatic hydroxyl groups is 2. The third kappa shape index (κ3) is 10.4. The molecule has 1 aromatic carbocycles. The quantitative estimate of drug-likeness (QED) is 0.200. The summed E-state index contributed by atoms with van der Waals surface area (Å²) in [6.07, 6.45) is 4.72. The number of aliphatic imine (C=N–C) groups is 1. The molecule has 7 heteroatoms. The molecular formula is C23H41IN4O2. The maximum Gasteiger partial charge on any atom is 0.191 e. The van der Waals surface area contributed by atoms with Gasteiger partial charge in [0.1, 0.15) is 0 Å². The van der Waals surface area contributed by atoms with Crippen LogP contribution in [-0.4, -0.2) is 60.0 Å². The highest BCUT2D eigenvalue weighted by Crippen LogP contribution is 2.14. The lowest BCUT2D eigenvalue weighted by atomic mass is 10.0. The van der Waals surface area contributed by atoms with Crippen molar-refractivity contribution in [1.82, 2.24) is 15.5 Å². The fourth-order valence-corrected chi connectivity index (χ4v) is 3.78. The van der Waals surface area contributed by atoms with Crippen molar-refractivity contribution in [2.75, 3.05) is 32.8 Å². The number of nitrogens with one attached hydrogen (secondary N) is 2. The third-order valence-electron chi connectivity index (χ3n) is 5.54. The summed E-state index contributed by atoms with van der Waals surface area (Å²) in [6.45, 7) is 9.70. The minimum Gasteiger partial charge on any atom is -0.396 e. The summed E-state index contributed by atoms with van der Waals surface area (Å²) < 4.78 is 0. The predicted octanol–water partition coefficient (Wildman–Crippen LogP) is 3.12. The number of rotatable bonds is 11. The molecule has 0 amide bonds. The summed E-state index contributed by atoms with van der Waals surface area (Å²) in [5.41, 5.74) is 2.51. The van der Waals surface area contributed by atoms with Gasteiger partial charge in [0.05, 0.1) is 12.6 Å². The van der Waals surface area contributed by atoms with Gasteiger partial charge in [-0.05, 0) is 49.7 Å². The Morgan fingerprint density at radius 3 is 2.37 bits per heavy atom. The molecule has 1 fully saturated rings. The van der Waals surface area contributed by atoms with Gasteiger partial charge in [0.2, 0.25) is 0 Å². The van der Waals surface area contributed by atoms with E-state index >= 15 is 0 Å². The number of halogens is 1. The molecule has 30 heavy (non-hydrogen) atoms. The number of piperidine rings is 1. The molecule has 0 aliphatic carbocycles. The molecule has 1 atom stereocenters. The van der Waals surface area contributed by atoms with Crippen molar-refractivity contribution in [2.24, 2.45) is 10.9 Å². The van der Waals surface area contributed by atoms with Gasteiger partial charge in [-0.3, -0.25) is 4.90 Å². The first-order chi connectivity index (χ1) is 14.1. The largest absolute Gasteiger partial charge is 0.396 e. The molecule has 0 saturated carbocycles. The summed E-state index contributed by atoms with van der Waals surface area (Å²) in [7, 11) is 0. The van der Waals surface area contributed by atoms with E-state index in [2.05, 4.69) is 53.6 Å². The molecule has 172 valence electrons. The second-order valence-corrected chi connectivity index (χ2v) is 8.07. The van der Waals surface area contributed by atoms with Gasteiger partial charge in [-0.1, -0.05) is 37.6 Å². The fourth-order valence-electron chi connectivity index (χ4n) is 3.78. The van der Waals surface area contributed by atoms with E-state index in [9.17, 15) is 10.2 Å². The van der Waals surface area contributed by atoms with Crippen LogP contribution in [0.25, 0.3) is 0 Å². The minimum atomic E-state index is -0.119. The number of hydrogen-bond acceptors (Lipinski definition) is 4. The number of nitrogens with zero attached hydrogens (tertiary/aromatic N) is 2. The maximum atomic E-state index is 9.63. The summed E-state index contributed by atoms with van der Waals surface area (Å²) in [5.74, 6) is 1.31. The van der Waals surface area contributed by atoms with Crippen LogP contribution in [-0.2, 0) is 13.1 Å². The average molecular weight is 533 g/mol. The van der Waals surface area contributed by atoms with Gasteiger partial charge >= 0.3 is 0 Å². The van der Waals surface area contributed by atoms with E-state index in [1.807, 2.05) is 0 Å². The second-order valence-electron chi connectivity index (χ2n) is 8.07. The molecule has 1 unspecified atom stereocenters. The molecule has 0 bridgehead atoms. The standard InChI is InChI=1S/C23H40N4O2.HI/c1-3-5-19(12-15-28)16-25-23(24-4-2)26-17-20-6-8-21(9-7-20)18-27-13-10-22(29)11-14-27;/h6-9,19,22,28-29H,3-5,10-18H2,1-2H3,(H2,24,25,26);1H. The molecule has 2 rings (SSSR count). The van der Waals surface area contributed by atoms with Crippen molar-refractivity contribution in [3.8, 4) is 0 Å². The van der Waals surface area contributed by atoms with Crippen molar-refractivity contribution in [3.63, 3.8) is 0 Å². The molecule has 4 N–H and O–H groups in total. The molecule has 1 heterocycles. The number of guanidine groups is 1. The minimum absolute atomic E-state index is 0. The highest BCUT2D eigenvalue weighted by molar-refractivity contribution is 14.0. The van der Waals surface area contributed by atoms with Crippen LogP contribution in [0.3, 0.4) is 0 Å². The summed E-state index contributed by atoms with van der Waals surface area (Å²) in [4.78, 5) is 7.13. The van der Waals surface area contributed by atoms with Crippen LogP contribution in [0.5, 0.6) is 0 Å². The van der Waals surface area contributed by atoms with Crippen molar-refractivity contribution in [3.05, 3.63) is 35.4 Å². The third-order valence-corrected chi connectivity index (χ3v) is 5.54. The molecule has 0 aromatic heterocycles. The van der Waals surface area contributed by atoms with Crippen LogP contribution in [0.4, 0.5) is 0 Å². The Hall–Kier alpha value is -0.900. The van der Waals surface area contributed by atoms with Crippen molar-refractivity contribution < 1.29 is 10.2 Å². The molecule has 6 nitrogen and oxygen atoms in total. The highest BCUT2D eigenvalue weighted by atomic mass is 127. The molecule has 1 aliphatic heterocycles. The van der Waals surface area contributed by atoms with Gasteiger partial charge in [-0.15, -0.1) is 24.0 Å². The Labute approximate surface area is 199 Å². The zero-order valence-corrected chi connectivity index (χ0v) is 21.0.